The molecule has 0 aliphatic rings. The lowest BCUT2D eigenvalue weighted by atomic mass is 10.2. The Morgan fingerprint density at radius 1 is 1.08 bits per heavy atom. The van der Waals surface area contributed by atoms with Gasteiger partial charge in [0.2, 0.25) is 10.0 Å². The van der Waals surface area contributed by atoms with Gasteiger partial charge in [-0.25, -0.2) is 17.5 Å². The molecule has 0 saturated heterocycles. The largest absolute Gasteiger partial charge is 0.319 e. The first-order chi connectivity index (χ1) is 11.2. The third-order valence-electron chi connectivity index (χ3n) is 3.19. The molecular weight excluding hydrogens is 331 g/mol. The summed E-state index contributed by atoms with van der Waals surface area (Å²) in [6, 6.07) is 9.62. The SMILES string of the molecule is Cc1ccc(F)c(NC(=O)c2ccc(S(=O)(=O)NC(C)C)cc2)c1. The van der Waals surface area contributed by atoms with Crippen LogP contribution in [0.5, 0.6) is 0 Å². The molecular formula is C17H19FN2O3S. The number of halogens is 1. The smallest absolute Gasteiger partial charge is 0.255 e. The zero-order valence-corrected chi connectivity index (χ0v) is 14.4. The third kappa shape index (κ3) is 4.39. The first-order valence-corrected chi connectivity index (χ1v) is 8.87. The maximum atomic E-state index is 13.7. The van der Waals surface area contributed by atoms with Gasteiger partial charge in [0.25, 0.3) is 5.91 Å². The number of sulfonamides is 1. The summed E-state index contributed by atoms with van der Waals surface area (Å²) in [5, 5.41) is 2.48. The van der Waals surface area contributed by atoms with Crippen LogP contribution in [0, 0.1) is 12.7 Å². The summed E-state index contributed by atoms with van der Waals surface area (Å²) in [7, 11) is -3.61. The van der Waals surface area contributed by atoms with Crippen LogP contribution >= 0.6 is 0 Å². The summed E-state index contributed by atoms with van der Waals surface area (Å²) >= 11 is 0. The summed E-state index contributed by atoms with van der Waals surface area (Å²) in [6.07, 6.45) is 0. The minimum atomic E-state index is -3.61. The molecule has 2 N–H and O–H groups in total. The second kappa shape index (κ2) is 7.11. The number of carbonyl (C=O) groups excluding carboxylic acids is 1. The van der Waals surface area contributed by atoms with Crippen molar-refractivity contribution in [2.24, 2.45) is 0 Å². The van der Waals surface area contributed by atoms with Crippen molar-refractivity contribution in [2.75, 3.05) is 5.32 Å². The van der Waals surface area contributed by atoms with Gasteiger partial charge in [0.15, 0.2) is 0 Å². The van der Waals surface area contributed by atoms with E-state index >= 15 is 0 Å². The van der Waals surface area contributed by atoms with E-state index in [4.69, 9.17) is 0 Å². The number of amides is 1. The molecule has 7 heteroatoms. The summed E-state index contributed by atoms with van der Waals surface area (Å²) in [5.74, 6) is -1.05. The third-order valence-corrected chi connectivity index (χ3v) is 4.86. The molecule has 24 heavy (non-hydrogen) atoms. The van der Waals surface area contributed by atoms with Gasteiger partial charge in [-0.05, 0) is 62.7 Å². The number of rotatable bonds is 5. The van der Waals surface area contributed by atoms with Crippen molar-refractivity contribution in [3.05, 3.63) is 59.4 Å². The van der Waals surface area contributed by atoms with Crippen LogP contribution in [-0.2, 0) is 10.0 Å². The maximum Gasteiger partial charge on any atom is 0.255 e. The van der Waals surface area contributed by atoms with Gasteiger partial charge in [-0.15, -0.1) is 0 Å². The van der Waals surface area contributed by atoms with Crippen molar-refractivity contribution in [1.82, 2.24) is 4.72 Å². The van der Waals surface area contributed by atoms with E-state index in [1.165, 1.54) is 36.4 Å². The van der Waals surface area contributed by atoms with Crippen molar-refractivity contribution in [1.29, 1.82) is 0 Å². The number of aryl methyl sites for hydroxylation is 1. The molecule has 5 nitrogen and oxygen atoms in total. The van der Waals surface area contributed by atoms with Gasteiger partial charge in [0, 0.05) is 11.6 Å². The maximum absolute atomic E-state index is 13.7. The van der Waals surface area contributed by atoms with E-state index in [9.17, 15) is 17.6 Å². The van der Waals surface area contributed by atoms with Gasteiger partial charge in [-0.1, -0.05) is 6.07 Å². The summed E-state index contributed by atoms with van der Waals surface area (Å²) in [5.41, 5.74) is 1.13. The number of nitrogens with one attached hydrogen (secondary N) is 2. The first kappa shape index (κ1) is 18.1. The van der Waals surface area contributed by atoms with Crippen molar-refractivity contribution < 1.29 is 17.6 Å². The van der Waals surface area contributed by atoms with Crippen LogP contribution in [0.25, 0.3) is 0 Å². The molecule has 0 aromatic heterocycles. The molecule has 0 aliphatic heterocycles. The Balaban J connectivity index is 2.18. The molecule has 0 unspecified atom stereocenters. The minimum Gasteiger partial charge on any atom is -0.319 e. The van der Waals surface area contributed by atoms with Crippen molar-refractivity contribution in [3.8, 4) is 0 Å². The lowest BCUT2D eigenvalue weighted by Gasteiger charge is -2.10. The zero-order chi connectivity index (χ0) is 17.9. The van der Waals surface area contributed by atoms with Crippen molar-refractivity contribution in [3.63, 3.8) is 0 Å². The van der Waals surface area contributed by atoms with Crippen molar-refractivity contribution in [2.45, 2.75) is 31.7 Å². The van der Waals surface area contributed by atoms with Gasteiger partial charge in [-0.2, -0.15) is 0 Å². The molecule has 0 bridgehead atoms. The molecule has 2 aromatic rings. The highest BCUT2D eigenvalue weighted by atomic mass is 32.2. The highest BCUT2D eigenvalue weighted by Crippen LogP contribution is 2.17. The first-order valence-electron chi connectivity index (χ1n) is 7.39. The van der Waals surface area contributed by atoms with E-state index in [0.29, 0.717) is 0 Å². The van der Waals surface area contributed by atoms with Crippen LogP contribution in [0.4, 0.5) is 10.1 Å². The Bertz CT molecular complexity index is 847. The molecule has 2 aromatic carbocycles. The number of anilines is 1. The number of hydrogen-bond acceptors (Lipinski definition) is 3. The quantitative estimate of drug-likeness (QED) is 0.870. The Hall–Kier alpha value is -2.25. The standard InChI is InChI=1S/C17H19FN2O3S/c1-11(2)20-24(22,23)14-7-5-13(6-8-14)17(21)19-16-10-12(3)4-9-15(16)18/h4-11,20H,1-3H3,(H,19,21). The number of hydrogen-bond donors (Lipinski definition) is 2. The number of benzene rings is 2. The second-order valence-corrected chi connectivity index (χ2v) is 7.45. The van der Waals surface area contributed by atoms with Gasteiger partial charge in [-0.3, -0.25) is 4.79 Å². The summed E-state index contributed by atoms with van der Waals surface area (Å²) in [6.45, 7) is 5.22. The Kier molecular flexibility index (Phi) is 5.36. The molecule has 0 fully saturated rings. The van der Waals surface area contributed by atoms with Crippen LogP contribution in [-0.4, -0.2) is 20.4 Å². The van der Waals surface area contributed by atoms with Crippen LogP contribution in [0.15, 0.2) is 47.4 Å². The second-order valence-electron chi connectivity index (χ2n) is 5.74. The van der Waals surface area contributed by atoms with Crippen LogP contribution in [0.3, 0.4) is 0 Å². The highest BCUT2D eigenvalue weighted by molar-refractivity contribution is 7.89. The van der Waals surface area contributed by atoms with Crippen LogP contribution in [0.2, 0.25) is 0 Å². The van der Waals surface area contributed by atoms with Gasteiger partial charge >= 0.3 is 0 Å². The molecule has 0 saturated carbocycles. The Labute approximate surface area is 141 Å². The average Bonchev–Trinajstić information content (AvgIpc) is 2.50. The fraction of sp³-hybridized carbons (Fsp3) is 0.235. The van der Waals surface area contributed by atoms with Gasteiger partial charge < -0.3 is 5.32 Å². The molecule has 0 radical (unpaired) electrons. The topological polar surface area (TPSA) is 75.3 Å². The van der Waals surface area contributed by atoms with E-state index in [-0.39, 0.29) is 22.2 Å². The monoisotopic (exact) mass is 350 g/mol. The van der Waals surface area contributed by atoms with Crippen LogP contribution < -0.4 is 10.0 Å². The lowest BCUT2D eigenvalue weighted by molar-refractivity contribution is 0.102. The average molecular weight is 350 g/mol. The van der Waals surface area contributed by atoms with E-state index in [2.05, 4.69) is 10.0 Å². The van der Waals surface area contributed by atoms with E-state index in [1.54, 1.807) is 26.8 Å². The molecule has 0 aliphatic carbocycles. The lowest BCUT2D eigenvalue weighted by Crippen LogP contribution is -2.30. The van der Waals surface area contributed by atoms with E-state index in [1.807, 2.05) is 0 Å². The highest BCUT2D eigenvalue weighted by Gasteiger charge is 2.16. The fourth-order valence-electron chi connectivity index (χ4n) is 2.09. The van der Waals surface area contributed by atoms with Gasteiger partial charge in [0.1, 0.15) is 5.82 Å². The normalized spacial score (nSPS) is 11.5. The molecule has 2 rings (SSSR count). The summed E-state index contributed by atoms with van der Waals surface area (Å²) in [4.78, 5) is 12.2. The Morgan fingerprint density at radius 2 is 1.71 bits per heavy atom. The molecule has 0 atom stereocenters. The van der Waals surface area contributed by atoms with Gasteiger partial charge in [0.05, 0.1) is 10.6 Å². The summed E-state index contributed by atoms with van der Waals surface area (Å²) < 4.78 is 40.2. The van der Waals surface area contributed by atoms with E-state index < -0.39 is 21.7 Å². The van der Waals surface area contributed by atoms with Crippen molar-refractivity contribution >= 4 is 21.6 Å². The zero-order valence-electron chi connectivity index (χ0n) is 13.6. The molecule has 1 amide bonds. The molecule has 128 valence electrons. The predicted octanol–water partition coefficient (Wildman–Crippen LogP) is 3.07. The van der Waals surface area contributed by atoms with Crippen LogP contribution in [0.1, 0.15) is 29.8 Å². The molecule has 0 heterocycles. The Morgan fingerprint density at radius 3 is 2.29 bits per heavy atom. The van der Waals surface area contributed by atoms with E-state index in [0.717, 1.165) is 5.56 Å². The number of carbonyl (C=O) groups is 1. The predicted molar refractivity (Wildman–Crippen MR) is 91.0 cm³/mol. The minimum absolute atomic E-state index is 0.0643. The fourth-order valence-corrected chi connectivity index (χ4v) is 3.34. The molecule has 0 spiro atoms.